The van der Waals surface area contributed by atoms with Gasteiger partial charge in [0.1, 0.15) is 0 Å². The van der Waals surface area contributed by atoms with Crippen LogP contribution in [-0.4, -0.2) is 38.3 Å². The molecule has 0 unspecified atom stereocenters. The van der Waals surface area contributed by atoms with Gasteiger partial charge in [0.15, 0.2) is 23.9 Å². The van der Waals surface area contributed by atoms with Crippen molar-refractivity contribution in [2.75, 3.05) is 26.6 Å². The molecule has 0 aliphatic heterocycles. The lowest BCUT2D eigenvalue weighted by Gasteiger charge is -2.09. The van der Waals surface area contributed by atoms with Crippen LogP contribution in [0, 0.1) is 0 Å². The molecule has 0 radical (unpaired) electrons. The highest BCUT2D eigenvalue weighted by Crippen LogP contribution is 2.28. The Morgan fingerprint density at radius 1 is 0.857 bits per heavy atom. The molecular formula is C22H20O5S. The van der Waals surface area contributed by atoms with Crippen LogP contribution in [0.2, 0.25) is 0 Å². The number of esters is 1. The van der Waals surface area contributed by atoms with Gasteiger partial charge < -0.3 is 14.2 Å². The van der Waals surface area contributed by atoms with E-state index >= 15 is 0 Å². The van der Waals surface area contributed by atoms with E-state index in [1.54, 1.807) is 18.2 Å². The van der Waals surface area contributed by atoms with Crippen molar-refractivity contribution in [3.05, 3.63) is 66.2 Å². The summed E-state index contributed by atoms with van der Waals surface area (Å²) in [7, 11) is 3.02. The highest BCUT2D eigenvalue weighted by molar-refractivity contribution is 8.00. The van der Waals surface area contributed by atoms with E-state index < -0.39 is 5.97 Å². The van der Waals surface area contributed by atoms with Crippen LogP contribution in [0.1, 0.15) is 10.4 Å². The number of benzene rings is 3. The zero-order valence-corrected chi connectivity index (χ0v) is 16.5. The second kappa shape index (κ2) is 9.28. The van der Waals surface area contributed by atoms with Gasteiger partial charge in [0.2, 0.25) is 0 Å². The Balaban J connectivity index is 1.52. The van der Waals surface area contributed by atoms with E-state index in [4.69, 9.17) is 14.2 Å². The van der Waals surface area contributed by atoms with E-state index in [2.05, 4.69) is 0 Å². The fourth-order valence-corrected chi connectivity index (χ4v) is 3.42. The Morgan fingerprint density at radius 2 is 1.61 bits per heavy atom. The number of methoxy groups -OCH3 is 2. The number of hydrogen-bond acceptors (Lipinski definition) is 6. The largest absolute Gasteiger partial charge is 0.493 e. The van der Waals surface area contributed by atoms with Crippen molar-refractivity contribution in [2.45, 2.75) is 4.90 Å². The van der Waals surface area contributed by atoms with Crippen molar-refractivity contribution in [1.29, 1.82) is 0 Å². The molecule has 3 rings (SSSR count). The zero-order chi connectivity index (χ0) is 19.9. The van der Waals surface area contributed by atoms with Gasteiger partial charge in [-0.05, 0) is 41.1 Å². The summed E-state index contributed by atoms with van der Waals surface area (Å²) >= 11 is 1.38. The van der Waals surface area contributed by atoms with Gasteiger partial charge in [-0.2, -0.15) is 0 Å². The number of thioether (sulfide) groups is 1. The maximum absolute atomic E-state index is 12.3. The number of ketones is 1. The molecule has 0 saturated heterocycles. The molecule has 0 aliphatic rings. The maximum atomic E-state index is 12.3. The highest BCUT2D eigenvalue weighted by Gasteiger charge is 2.13. The van der Waals surface area contributed by atoms with E-state index in [1.807, 2.05) is 42.5 Å². The second-order valence-corrected chi connectivity index (χ2v) is 7.00. The van der Waals surface area contributed by atoms with Crippen molar-refractivity contribution in [3.8, 4) is 11.5 Å². The Bertz CT molecular complexity index is 999. The van der Waals surface area contributed by atoms with E-state index in [0.717, 1.165) is 15.7 Å². The predicted molar refractivity (Wildman–Crippen MR) is 110 cm³/mol. The second-order valence-electron chi connectivity index (χ2n) is 5.95. The highest BCUT2D eigenvalue weighted by atomic mass is 32.2. The molecule has 0 aliphatic carbocycles. The van der Waals surface area contributed by atoms with Gasteiger partial charge in [0.05, 0.1) is 20.0 Å². The lowest BCUT2D eigenvalue weighted by atomic mass is 10.1. The third-order valence-electron chi connectivity index (χ3n) is 4.15. The maximum Gasteiger partial charge on any atom is 0.316 e. The fraction of sp³-hybridized carbons (Fsp3) is 0.182. The minimum Gasteiger partial charge on any atom is -0.493 e. The molecule has 0 bridgehead atoms. The van der Waals surface area contributed by atoms with Crippen molar-refractivity contribution in [1.82, 2.24) is 0 Å². The average molecular weight is 396 g/mol. The smallest absolute Gasteiger partial charge is 0.316 e. The minimum absolute atomic E-state index is 0.136. The normalized spacial score (nSPS) is 10.5. The molecule has 0 amide bonds. The summed E-state index contributed by atoms with van der Waals surface area (Å²) < 4.78 is 15.4. The van der Waals surface area contributed by atoms with Gasteiger partial charge in [-0.25, -0.2) is 0 Å². The molecule has 0 heterocycles. The Morgan fingerprint density at radius 3 is 2.36 bits per heavy atom. The summed E-state index contributed by atoms with van der Waals surface area (Å²) in [5.74, 6) is 0.378. The van der Waals surface area contributed by atoms with Crippen LogP contribution in [-0.2, 0) is 9.53 Å². The van der Waals surface area contributed by atoms with Crippen molar-refractivity contribution >= 4 is 34.3 Å². The molecule has 0 spiro atoms. The molecule has 0 aromatic heterocycles. The Labute approximate surface area is 167 Å². The number of Topliss-reactive ketones (excluding diaryl/α,β-unsaturated/α-hetero) is 1. The molecule has 3 aromatic rings. The standard InChI is InChI=1S/C22H20O5S/c1-25-20-10-8-17(12-21(20)26-2)19(23)13-27-22(24)14-28-18-9-7-15-5-3-4-6-16(15)11-18/h3-12H,13-14H2,1-2H3. The number of carbonyl (C=O) groups excluding carboxylic acids is 2. The SMILES string of the molecule is COc1ccc(C(=O)COC(=O)CSc2ccc3ccccc3c2)cc1OC. The first-order valence-corrected chi connectivity index (χ1v) is 9.61. The fourth-order valence-electron chi connectivity index (χ4n) is 2.68. The molecule has 144 valence electrons. The zero-order valence-electron chi connectivity index (χ0n) is 15.6. The number of fused-ring (bicyclic) bond motifs is 1. The van der Waals surface area contributed by atoms with Crippen LogP contribution in [0.5, 0.6) is 11.5 Å². The molecule has 0 saturated carbocycles. The molecule has 5 nitrogen and oxygen atoms in total. The lowest BCUT2D eigenvalue weighted by molar-refractivity contribution is -0.139. The topological polar surface area (TPSA) is 61.8 Å². The summed E-state index contributed by atoms with van der Waals surface area (Å²) in [6.07, 6.45) is 0. The molecule has 0 N–H and O–H groups in total. The van der Waals surface area contributed by atoms with Crippen LogP contribution in [0.3, 0.4) is 0 Å². The molecule has 28 heavy (non-hydrogen) atoms. The van der Waals surface area contributed by atoms with Crippen LogP contribution in [0.15, 0.2) is 65.6 Å². The van der Waals surface area contributed by atoms with Gasteiger partial charge in [-0.15, -0.1) is 11.8 Å². The third kappa shape index (κ3) is 4.84. The number of ether oxygens (including phenoxy) is 3. The van der Waals surface area contributed by atoms with Crippen LogP contribution in [0.25, 0.3) is 10.8 Å². The average Bonchev–Trinajstić information content (AvgIpc) is 2.75. The number of hydrogen-bond donors (Lipinski definition) is 0. The quantitative estimate of drug-likeness (QED) is 0.320. The van der Waals surface area contributed by atoms with E-state index in [9.17, 15) is 9.59 Å². The van der Waals surface area contributed by atoms with Crippen LogP contribution in [0.4, 0.5) is 0 Å². The summed E-state index contributed by atoms with van der Waals surface area (Å²) in [4.78, 5) is 25.2. The van der Waals surface area contributed by atoms with Crippen LogP contribution < -0.4 is 9.47 Å². The monoisotopic (exact) mass is 396 g/mol. The minimum atomic E-state index is -0.438. The lowest BCUT2D eigenvalue weighted by Crippen LogP contribution is -2.15. The number of rotatable bonds is 8. The van der Waals surface area contributed by atoms with Gasteiger partial charge in [-0.1, -0.05) is 30.3 Å². The van der Waals surface area contributed by atoms with Crippen molar-refractivity contribution in [3.63, 3.8) is 0 Å². The van der Waals surface area contributed by atoms with Gasteiger partial charge in [0.25, 0.3) is 0 Å². The van der Waals surface area contributed by atoms with E-state index in [-0.39, 0.29) is 18.1 Å². The molecule has 0 fully saturated rings. The first kappa shape index (κ1) is 19.8. The van der Waals surface area contributed by atoms with Crippen molar-refractivity contribution < 1.29 is 23.8 Å². The molecular weight excluding hydrogens is 376 g/mol. The third-order valence-corrected chi connectivity index (χ3v) is 5.11. The van der Waals surface area contributed by atoms with Crippen LogP contribution >= 0.6 is 11.8 Å². The Kier molecular flexibility index (Phi) is 6.55. The molecule has 6 heteroatoms. The van der Waals surface area contributed by atoms with E-state index in [0.29, 0.717) is 17.1 Å². The number of carbonyl (C=O) groups is 2. The summed E-state index contributed by atoms with van der Waals surface area (Å²) in [5.41, 5.74) is 0.396. The van der Waals surface area contributed by atoms with Crippen molar-refractivity contribution in [2.24, 2.45) is 0 Å². The molecule has 3 aromatic carbocycles. The van der Waals surface area contributed by atoms with E-state index in [1.165, 1.54) is 26.0 Å². The molecule has 0 atom stereocenters. The van der Waals surface area contributed by atoms with Gasteiger partial charge in [-0.3, -0.25) is 9.59 Å². The summed E-state index contributed by atoms with van der Waals surface area (Å²) in [6.45, 7) is -0.313. The summed E-state index contributed by atoms with van der Waals surface area (Å²) in [5, 5.41) is 2.26. The Hall–Kier alpha value is -2.99. The predicted octanol–water partition coefficient (Wildman–Crippen LogP) is 4.38. The van der Waals surface area contributed by atoms with Gasteiger partial charge >= 0.3 is 5.97 Å². The summed E-state index contributed by atoms with van der Waals surface area (Å²) in [6, 6.07) is 18.9. The van der Waals surface area contributed by atoms with Gasteiger partial charge in [0, 0.05) is 10.5 Å². The first-order valence-electron chi connectivity index (χ1n) is 8.63. The first-order chi connectivity index (χ1) is 13.6.